The van der Waals surface area contributed by atoms with E-state index < -0.39 is 23.6 Å². The second kappa shape index (κ2) is 9.12. The van der Waals surface area contributed by atoms with Crippen LogP contribution in [0.5, 0.6) is 0 Å². The van der Waals surface area contributed by atoms with E-state index in [0.29, 0.717) is 42.8 Å². The average molecular weight is 448 g/mol. The van der Waals surface area contributed by atoms with E-state index in [2.05, 4.69) is 20.5 Å². The first-order chi connectivity index (χ1) is 15.3. The maximum atomic E-state index is 14.0. The molecular formula is C23H29F2N4O3. The fraction of sp³-hybridized carbons (Fsp3) is 0.348. The lowest BCUT2D eigenvalue weighted by atomic mass is 10.0. The molecule has 32 heavy (non-hydrogen) atoms. The van der Waals surface area contributed by atoms with Crippen LogP contribution in [0.15, 0.2) is 23.0 Å². The third kappa shape index (κ3) is 4.38. The van der Waals surface area contributed by atoms with Crippen molar-refractivity contribution in [3.05, 3.63) is 74.0 Å². The average Bonchev–Trinajstić information content (AvgIpc) is 2.76. The van der Waals surface area contributed by atoms with Gasteiger partial charge in [-0.3, -0.25) is 9.59 Å². The SMILES string of the molecule is Cc1c(CC(=O)N[C@@H](C)c2ccc(F)cc2F)c(=O)[nH]c2c1=C(N1CCOCC1)N[CH]C=2.[HH].[HH]. The van der Waals surface area contributed by atoms with Gasteiger partial charge in [-0.25, -0.2) is 8.78 Å². The molecule has 1 radical (unpaired) electrons. The molecule has 0 spiro atoms. The molecule has 1 aromatic heterocycles. The van der Waals surface area contributed by atoms with Crippen LogP contribution in [-0.4, -0.2) is 42.1 Å². The summed E-state index contributed by atoms with van der Waals surface area (Å²) in [5, 5.41) is 7.48. The van der Waals surface area contributed by atoms with Gasteiger partial charge in [-0.05, 0) is 31.6 Å². The summed E-state index contributed by atoms with van der Waals surface area (Å²) in [6, 6.07) is 2.54. The van der Waals surface area contributed by atoms with Gasteiger partial charge in [0.25, 0.3) is 5.56 Å². The van der Waals surface area contributed by atoms with Crippen LogP contribution >= 0.6 is 0 Å². The fourth-order valence-electron chi connectivity index (χ4n) is 4.12. The molecule has 1 fully saturated rings. The van der Waals surface area contributed by atoms with Crippen LogP contribution in [0, 0.1) is 25.1 Å². The normalized spacial score (nSPS) is 16.6. The summed E-state index contributed by atoms with van der Waals surface area (Å²) in [7, 11) is 0. The maximum Gasteiger partial charge on any atom is 0.252 e. The predicted molar refractivity (Wildman–Crippen MR) is 120 cm³/mol. The van der Waals surface area contributed by atoms with Crippen molar-refractivity contribution in [3.8, 4) is 0 Å². The van der Waals surface area contributed by atoms with Crippen LogP contribution in [0.1, 0.15) is 32.5 Å². The number of pyridine rings is 1. The molecule has 1 atom stereocenters. The lowest BCUT2D eigenvalue weighted by Gasteiger charge is -2.32. The summed E-state index contributed by atoms with van der Waals surface area (Å²) >= 11 is 0. The summed E-state index contributed by atoms with van der Waals surface area (Å²) in [4.78, 5) is 30.5. The number of amides is 1. The second-order valence-corrected chi connectivity index (χ2v) is 7.90. The van der Waals surface area contributed by atoms with Crippen molar-refractivity contribution in [3.63, 3.8) is 0 Å². The van der Waals surface area contributed by atoms with Gasteiger partial charge in [-0.2, -0.15) is 0 Å². The highest BCUT2D eigenvalue weighted by atomic mass is 19.1. The van der Waals surface area contributed by atoms with E-state index in [1.165, 1.54) is 6.07 Å². The monoisotopic (exact) mass is 447 g/mol. The Bertz CT molecular complexity index is 1230. The zero-order chi connectivity index (χ0) is 22.8. The van der Waals surface area contributed by atoms with Crippen molar-refractivity contribution >= 4 is 17.8 Å². The van der Waals surface area contributed by atoms with Crippen LogP contribution in [0.3, 0.4) is 0 Å². The summed E-state index contributed by atoms with van der Waals surface area (Å²) in [5.41, 5.74) is 0.881. The van der Waals surface area contributed by atoms with Crippen molar-refractivity contribution in [1.29, 1.82) is 0 Å². The highest BCUT2D eigenvalue weighted by Gasteiger charge is 2.21. The molecule has 4 rings (SSSR count). The van der Waals surface area contributed by atoms with E-state index in [1.807, 2.05) is 6.92 Å². The highest BCUT2D eigenvalue weighted by molar-refractivity contribution is 5.79. The molecular weight excluding hydrogens is 418 g/mol. The summed E-state index contributed by atoms with van der Waals surface area (Å²) < 4.78 is 32.6. The highest BCUT2D eigenvalue weighted by Crippen LogP contribution is 2.18. The van der Waals surface area contributed by atoms with Crippen molar-refractivity contribution in [2.45, 2.75) is 26.3 Å². The van der Waals surface area contributed by atoms with Crippen molar-refractivity contribution < 1.29 is 21.2 Å². The molecule has 0 saturated carbocycles. The lowest BCUT2D eigenvalue weighted by molar-refractivity contribution is -0.121. The Balaban J connectivity index is 0.00000204. The lowest BCUT2D eigenvalue weighted by Crippen LogP contribution is -2.51. The molecule has 0 bridgehead atoms. The summed E-state index contributed by atoms with van der Waals surface area (Å²) in [6.07, 6.45) is 1.62. The molecule has 2 aliphatic heterocycles. The van der Waals surface area contributed by atoms with E-state index in [-0.39, 0.29) is 20.4 Å². The molecule has 173 valence electrons. The number of morpholine rings is 1. The number of nitrogens with zero attached hydrogens (tertiary/aromatic N) is 1. The number of hydrogen-bond acceptors (Lipinski definition) is 5. The minimum Gasteiger partial charge on any atom is -0.378 e. The fourth-order valence-corrected chi connectivity index (χ4v) is 4.12. The van der Waals surface area contributed by atoms with Crippen LogP contribution in [-0.2, 0) is 16.0 Å². The van der Waals surface area contributed by atoms with E-state index in [9.17, 15) is 18.4 Å². The van der Waals surface area contributed by atoms with Gasteiger partial charge >= 0.3 is 0 Å². The van der Waals surface area contributed by atoms with E-state index in [0.717, 1.165) is 23.2 Å². The Labute approximate surface area is 186 Å². The minimum absolute atomic E-state index is 0. The molecule has 2 aliphatic rings. The van der Waals surface area contributed by atoms with Crippen LogP contribution in [0.2, 0.25) is 0 Å². The van der Waals surface area contributed by atoms with Gasteiger partial charge < -0.3 is 25.3 Å². The number of halogens is 2. The first-order valence-corrected chi connectivity index (χ1v) is 10.5. The molecule has 7 nitrogen and oxygen atoms in total. The Kier molecular flexibility index (Phi) is 6.27. The number of benzene rings is 1. The maximum absolute atomic E-state index is 14.0. The van der Waals surface area contributed by atoms with E-state index in [1.54, 1.807) is 19.5 Å². The molecule has 1 saturated heterocycles. The van der Waals surface area contributed by atoms with Crippen LogP contribution < -0.4 is 26.8 Å². The second-order valence-electron chi connectivity index (χ2n) is 7.90. The number of hydrogen-bond donors (Lipinski definition) is 3. The number of fused-ring (bicyclic) bond motifs is 1. The first-order valence-electron chi connectivity index (χ1n) is 10.5. The Hall–Kier alpha value is -3.20. The van der Waals surface area contributed by atoms with Crippen molar-refractivity contribution in [1.82, 2.24) is 20.5 Å². The number of carbonyl (C=O) groups excluding carboxylic acids is 1. The molecule has 2 aromatic rings. The smallest absolute Gasteiger partial charge is 0.252 e. The van der Waals surface area contributed by atoms with Gasteiger partial charge in [0, 0.05) is 38.4 Å². The van der Waals surface area contributed by atoms with Gasteiger partial charge in [-0.1, -0.05) is 6.07 Å². The zero-order valence-electron chi connectivity index (χ0n) is 17.9. The number of carbonyl (C=O) groups is 1. The summed E-state index contributed by atoms with van der Waals surface area (Å²) in [6.45, 7) is 7.85. The number of ether oxygens (including phenoxy) is 1. The number of H-pyrrole nitrogens is 1. The third-order valence-electron chi connectivity index (χ3n) is 5.80. The number of aromatic amines is 1. The Morgan fingerprint density at radius 1 is 1.31 bits per heavy atom. The molecule has 0 unspecified atom stereocenters. The van der Waals surface area contributed by atoms with Crippen LogP contribution in [0.25, 0.3) is 11.9 Å². The molecule has 3 heterocycles. The van der Waals surface area contributed by atoms with E-state index >= 15 is 0 Å². The molecule has 1 amide bonds. The number of aromatic nitrogens is 1. The third-order valence-corrected chi connectivity index (χ3v) is 5.80. The standard InChI is InChI=1S/C23H25F2N4O3.2H2/c1-13-17(12-20(30)27-14(2)16-4-3-15(24)11-18(16)25)23(31)28-19-5-6-26-22(21(13)19)29-7-9-32-10-8-29;;/h3-6,11,14,26H,7-10,12H2,1-2H3,(H,27,30)(H,28,31);2*1H/t14-;;/m0../s1. The molecule has 3 N–H and O–H groups in total. The largest absolute Gasteiger partial charge is 0.378 e. The van der Waals surface area contributed by atoms with Gasteiger partial charge in [0.1, 0.15) is 17.5 Å². The van der Waals surface area contributed by atoms with E-state index in [4.69, 9.17) is 4.74 Å². The molecule has 9 heteroatoms. The predicted octanol–water partition coefficient (Wildman–Crippen LogP) is 0.817. The summed E-state index contributed by atoms with van der Waals surface area (Å²) in [5.74, 6) is -0.982. The Morgan fingerprint density at radius 3 is 2.78 bits per heavy atom. The van der Waals surface area contributed by atoms with Crippen molar-refractivity contribution in [2.24, 2.45) is 0 Å². The number of rotatable bonds is 5. The minimum atomic E-state index is -0.733. The van der Waals surface area contributed by atoms with Gasteiger partial charge in [0.2, 0.25) is 5.91 Å². The molecule has 0 aliphatic carbocycles. The van der Waals surface area contributed by atoms with Gasteiger partial charge in [0.05, 0.1) is 37.6 Å². The van der Waals surface area contributed by atoms with Crippen LogP contribution in [0.4, 0.5) is 8.78 Å². The first kappa shape index (κ1) is 22.0. The van der Waals surface area contributed by atoms with Crippen molar-refractivity contribution in [2.75, 3.05) is 26.3 Å². The quantitative estimate of drug-likeness (QED) is 0.632. The van der Waals surface area contributed by atoms with Gasteiger partial charge in [0.15, 0.2) is 0 Å². The zero-order valence-corrected chi connectivity index (χ0v) is 17.9. The Morgan fingerprint density at radius 2 is 2.06 bits per heavy atom. The molecule has 1 aromatic carbocycles. The van der Waals surface area contributed by atoms with Gasteiger partial charge in [-0.15, -0.1) is 0 Å². The topological polar surface area (TPSA) is 86.5 Å². The number of nitrogens with one attached hydrogen (secondary N) is 3.